The molecule has 1 spiro atoms. The number of piperidine rings is 1. The molecule has 2 saturated heterocycles. The topological polar surface area (TPSA) is 41.6 Å². The van der Waals surface area contributed by atoms with Crippen LogP contribution in [0.15, 0.2) is 0 Å². The quantitative estimate of drug-likeness (QED) is 0.691. The van der Waals surface area contributed by atoms with Crippen LogP contribution in [-0.4, -0.2) is 54.9 Å². The first-order chi connectivity index (χ1) is 7.71. The van der Waals surface area contributed by atoms with Crippen LogP contribution in [0.2, 0.25) is 0 Å². The molecule has 90 valence electrons. The maximum atomic E-state index is 14.0. The van der Waals surface area contributed by atoms with Crippen LogP contribution >= 0.6 is 0 Å². The van der Waals surface area contributed by atoms with E-state index in [1.165, 1.54) is 0 Å². The van der Waals surface area contributed by atoms with Crippen LogP contribution in [0.4, 0.5) is 4.39 Å². The van der Waals surface area contributed by atoms with Crippen molar-refractivity contribution in [1.82, 2.24) is 10.2 Å². The number of ether oxygens (including phenoxy) is 1. The summed E-state index contributed by atoms with van der Waals surface area (Å²) in [6.45, 7) is 1.61. The Morgan fingerprint density at radius 1 is 1.50 bits per heavy atom. The minimum Gasteiger partial charge on any atom is -0.360 e. The molecule has 1 amide bonds. The second-order valence-electron chi connectivity index (χ2n) is 5.03. The monoisotopic (exact) mass is 228 g/mol. The van der Waals surface area contributed by atoms with Gasteiger partial charge in [0.1, 0.15) is 18.4 Å². The molecular weight excluding hydrogens is 211 g/mol. The number of nitrogens with one attached hydrogen (secondary N) is 1. The van der Waals surface area contributed by atoms with Crippen LogP contribution < -0.4 is 5.32 Å². The van der Waals surface area contributed by atoms with Gasteiger partial charge in [-0.3, -0.25) is 4.79 Å². The van der Waals surface area contributed by atoms with Gasteiger partial charge in [0.15, 0.2) is 0 Å². The summed E-state index contributed by atoms with van der Waals surface area (Å²) in [6.07, 6.45) is 1.79. The third kappa shape index (κ3) is 1.62. The minimum atomic E-state index is -1.00. The molecule has 1 N–H and O–H groups in total. The predicted molar refractivity (Wildman–Crippen MR) is 55.8 cm³/mol. The fourth-order valence-corrected chi connectivity index (χ4v) is 2.64. The predicted octanol–water partition coefficient (Wildman–Crippen LogP) is 0.0778. The number of halogens is 1. The van der Waals surface area contributed by atoms with E-state index < -0.39 is 11.8 Å². The first-order valence-electron chi connectivity index (χ1n) is 5.99. The fraction of sp³-hybridized carbons (Fsp3) is 0.909. The molecular formula is C11H17FN2O2. The summed E-state index contributed by atoms with van der Waals surface area (Å²) in [5.41, 5.74) is -0.734. The van der Waals surface area contributed by atoms with Gasteiger partial charge in [-0.25, -0.2) is 4.39 Å². The lowest BCUT2D eigenvalue weighted by molar-refractivity contribution is -0.181. The van der Waals surface area contributed by atoms with Crippen LogP contribution in [0.3, 0.4) is 0 Å². The Morgan fingerprint density at radius 2 is 2.31 bits per heavy atom. The second kappa shape index (κ2) is 3.67. The Labute approximate surface area is 94.1 Å². The van der Waals surface area contributed by atoms with Gasteiger partial charge < -0.3 is 15.0 Å². The number of hydrogen-bond donors (Lipinski definition) is 1. The number of amides is 1. The average Bonchev–Trinajstić information content (AvgIpc) is 3.10. The number of alkyl halides is 1. The van der Waals surface area contributed by atoms with Crippen molar-refractivity contribution >= 4 is 5.91 Å². The number of nitrogens with zero attached hydrogens (tertiary/aromatic N) is 1. The largest absolute Gasteiger partial charge is 0.360 e. The van der Waals surface area contributed by atoms with Gasteiger partial charge in [-0.1, -0.05) is 0 Å². The zero-order chi connectivity index (χ0) is 11.2. The Bertz CT molecular complexity index is 308. The van der Waals surface area contributed by atoms with Gasteiger partial charge in [-0.15, -0.1) is 0 Å². The van der Waals surface area contributed by atoms with Crippen molar-refractivity contribution in [2.45, 2.75) is 37.1 Å². The number of carbonyl (C=O) groups excluding carboxylic acids is 1. The smallest absolute Gasteiger partial charge is 0.248 e. The second-order valence-corrected chi connectivity index (χ2v) is 5.03. The van der Waals surface area contributed by atoms with E-state index in [1.54, 1.807) is 0 Å². The molecule has 0 aromatic carbocycles. The fourth-order valence-electron chi connectivity index (χ4n) is 2.64. The average molecular weight is 228 g/mol. The third-order valence-corrected chi connectivity index (χ3v) is 3.85. The van der Waals surface area contributed by atoms with Crippen molar-refractivity contribution in [2.24, 2.45) is 0 Å². The number of hydrogen-bond acceptors (Lipinski definition) is 3. The Morgan fingerprint density at radius 3 is 3.00 bits per heavy atom. The molecule has 0 aromatic heterocycles. The highest BCUT2D eigenvalue weighted by atomic mass is 19.1. The van der Waals surface area contributed by atoms with E-state index in [2.05, 4.69) is 5.32 Å². The SMILES string of the molecule is O=C1COC2(CCNC[C@@H]2F)CN1C1CC1. The van der Waals surface area contributed by atoms with E-state index in [9.17, 15) is 9.18 Å². The van der Waals surface area contributed by atoms with Crippen LogP contribution in [0.1, 0.15) is 19.3 Å². The molecule has 4 nitrogen and oxygen atoms in total. The number of carbonyl (C=O) groups is 1. The van der Waals surface area contributed by atoms with Gasteiger partial charge in [-0.05, 0) is 25.8 Å². The van der Waals surface area contributed by atoms with E-state index >= 15 is 0 Å². The van der Waals surface area contributed by atoms with Crippen LogP contribution in [-0.2, 0) is 9.53 Å². The molecule has 1 unspecified atom stereocenters. The molecule has 0 aromatic rings. The Kier molecular flexibility index (Phi) is 2.40. The van der Waals surface area contributed by atoms with E-state index in [1.807, 2.05) is 4.90 Å². The molecule has 1 saturated carbocycles. The van der Waals surface area contributed by atoms with Crippen molar-refractivity contribution in [2.75, 3.05) is 26.2 Å². The van der Waals surface area contributed by atoms with Gasteiger partial charge in [0, 0.05) is 12.6 Å². The number of morpholine rings is 1. The van der Waals surface area contributed by atoms with Crippen LogP contribution in [0.5, 0.6) is 0 Å². The molecule has 0 bridgehead atoms. The van der Waals surface area contributed by atoms with Gasteiger partial charge in [0.2, 0.25) is 5.91 Å². The molecule has 0 radical (unpaired) electrons. The molecule has 1 aliphatic carbocycles. The standard InChI is InChI=1S/C11H17FN2O2/c12-9-5-13-4-3-11(9)7-14(8-1-2-8)10(15)6-16-11/h8-9,13H,1-7H2/t9-,11?/m0/s1. The molecule has 2 atom stereocenters. The highest BCUT2D eigenvalue weighted by Crippen LogP contribution is 2.36. The highest BCUT2D eigenvalue weighted by molar-refractivity contribution is 5.79. The first kappa shape index (κ1) is 10.5. The molecule has 3 fully saturated rings. The van der Waals surface area contributed by atoms with Gasteiger partial charge in [0.25, 0.3) is 0 Å². The zero-order valence-corrected chi connectivity index (χ0v) is 9.25. The Balaban J connectivity index is 1.77. The first-order valence-corrected chi connectivity index (χ1v) is 5.99. The summed E-state index contributed by atoms with van der Waals surface area (Å²) in [6, 6.07) is 0.357. The summed E-state index contributed by atoms with van der Waals surface area (Å²) >= 11 is 0. The lowest BCUT2D eigenvalue weighted by Crippen LogP contribution is -2.64. The van der Waals surface area contributed by atoms with Crippen LogP contribution in [0.25, 0.3) is 0 Å². The highest BCUT2D eigenvalue weighted by Gasteiger charge is 2.50. The summed E-state index contributed by atoms with van der Waals surface area (Å²) in [5, 5.41) is 3.02. The van der Waals surface area contributed by atoms with Gasteiger partial charge in [-0.2, -0.15) is 0 Å². The number of rotatable bonds is 1. The Hall–Kier alpha value is -0.680. The maximum Gasteiger partial charge on any atom is 0.248 e. The van der Waals surface area contributed by atoms with Crippen molar-refractivity contribution < 1.29 is 13.9 Å². The molecule has 2 aliphatic heterocycles. The van der Waals surface area contributed by atoms with Gasteiger partial charge >= 0.3 is 0 Å². The van der Waals surface area contributed by atoms with Crippen molar-refractivity contribution in [3.8, 4) is 0 Å². The summed E-state index contributed by atoms with van der Waals surface area (Å²) in [5.74, 6) is 0.0267. The molecule has 16 heavy (non-hydrogen) atoms. The molecule has 5 heteroatoms. The normalized spacial score (nSPS) is 40.4. The third-order valence-electron chi connectivity index (χ3n) is 3.85. The lowest BCUT2D eigenvalue weighted by atomic mass is 9.88. The molecule has 3 rings (SSSR count). The van der Waals surface area contributed by atoms with Crippen molar-refractivity contribution in [3.05, 3.63) is 0 Å². The van der Waals surface area contributed by atoms with E-state index in [0.717, 1.165) is 19.4 Å². The molecule has 3 aliphatic rings. The van der Waals surface area contributed by atoms with E-state index in [4.69, 9.17) is 4.74 Å². The molecule has 2 heterocycles. The van der Waals surface area contributed by atoms with E-state index in [-0.39, 0.29) is 12.5 Å². The summed E-state index contributed by atoms with van der Waals surface area (Å²) < 4.78 is 19.5. The van der Waals surface area contributed by atoms with Gasteiger partial charge in [0.05, 0.1) is 6.54 Å². The van der Waals surface area contributed by atoms with Crippen molar-refractivity contribution in [1.29, 1.82) is 0 Å². The summed E-state index contributed by atoms with van der Waals surface area (Å²) in [4.78, 5) is 13.5. The zero-order valence-electron chi connectivity index (χ0n) is 9.25. The maximum absolute atomic E-state index is 14.0. The minimum absolute atomic E-state index is 0.0267. The van der Waals surface area contributed by atoms with E-state index in [0.29, 0.717) is 25.6 Å². The summed E-state index contributed by atoms with van der Waals surface area (Å²) in [7, 11) is 0. The van der Waals surface area contributed by atoms with Crippen molar-refractivity contribution in [3.63, 3.8) is 0 Å². The van der Waals surface area contributed by atoms with Crippen LogP contribution in [0, 0.1) is 0 Å². The lowest BCUT2D eigenvalue weighted by Gasteiger charge is -2.46.